The minimum atomic E-state index is -0.556. The normalized spacial score (nSPS) is 10.9. The molecule has 2 aromatic carbocycles. The molecule has 4 N–H and O–H groups in total. The average molecular weight is 371 g/mol. The monoisotopic (exact) mass is 371 g/mol. The van der Waals surface area contributed by atoms with Gasteiger partial charge < -0.3 is 16.0 Å². The third-order valence-electron chi connectivity index (χ3n) is 4.66. The Bertz CT molecular complexity index is 1100. The van der Waals surface area contributed by atoms with E-state index in [1.165, 1.54) is 11.8 Å². The molecule has 0 unspecified atom stereocenters. The molecule has 0 saturated heterocycles. The van der Waals surface area contributed by atoms with Crippen molar-refractivity contribution in [1.82, 2.24) is 15.0 Å². The highest BCUT2D eigenvalue weighted by atomic mass is 16.1. The van der Waals surface area contributed by atoms with Crippen LogP contribution in [0, 0.1) is 0 Å². The molecule has 0 radical (unpaired) electrons. The Morgan fingerprint density at radius 1 is 1.04 bits per heavy atom. The molecule has 140 valence electrons. The summed E-state index contributed by atoms with van der Waals surface area (Å²) in [4.78, 5) is 23.9. The van der Waals surface area contributed by atoms with Crippen LogP contribution in [0.4, 0.5) is 11.5 Å². The Morgan fingerprint density at radius 3 is 2.71 bits per heavy atom. The number of primary amides is 1. The van der Waals surface area contributed by atoms with Gasteiger partial charge in [0.1, 0.15) is 17.2 Å². The van der Waals surface area contributed by atoms with E-state index < -0.39 is 5.91 Å². The lowest BCUT2D eigenvalue weighted by Crippen LogP contribution is -2.16. The van der Waals surface area contributed by atoms with E-state index in [4.69, 9.17) is 5.73 Å². The number of nitrogens with one attached hydrogen (secondary N) is 2. The molecule has 2 aromatic heterocycles. The maximum atomic E-state index is 11.8. The van der Waals surface area contributed by atoms with Gasteiger partial charge in [0.2, 0.25) is 0 Å². The zero-order valence-corrected chi connectivity index (χ0v) is 15.4. The van der Waals surface area contributed by atoms with E-state index in [0.717, 1.165) is 35.9 Å². The van der Waals surface area contributed by atoms with Gasteiger partial charge in [-0.1, -0.05) is 36.4 Å². The predicted molar refractivity (Wildman–Crippen MR) is 111 cm³/mol. The first-order valence-electron chi connectivity index (χ1n) is 9.23. The lowest BCUT2D eigenvalue weighted by Gasteiger charge is -2.11. The van der Waals surface area contributed by atoms with Crippen molar-refractivity contribution in [2.24, 2.45) is 5.73 Å². The quantitative estimate of drug-likeness (QED) is 0.458. The second-order valence-corrected chi connectivity index (χ2v) is 6.62. The molecule has 28 heavy (non-hydrogen) atoms. The van der Waals surface area contributed by atoms with Gasteiger partial charge in [0, 0.05) is 35.4 Å². The van der Waals surface area contributed by atoms with Crippen molar-refractivity contribution in [3.8, 4) is 0 Å². The van der Waals surface area contributed by atoms with E-state index >= 15 is 0 Å². The van der Waals surface area contributed by atoms with Crippen LogP contribution in [0.25, 0.3) is 10.9 Å². The number of hydrogen-bond donors (Lipinski definition) is 3. The minimum Gasteiger partial charge on any atom is -0.365 e. The molecule has 2 heterocycles. The summed E-state index contributed by atoms with van der Waals surface area (Å²) in [6.45, 7) is 0. The Kier molecular flexibility index (Phi) is 5.01. The first kappa shape index (κ1) is 17.7. The standard InChI is InChI=1S/C22H21N5O/c23-21(28)17-14-25-20(11-4-8-15-6-2-1-3-7-15)27-22(17)26-19-10-5-9-18-16(19)12-13-24-18/h1-3,5-7,9-10,12-14,24H,4,8,11H2,(H2,23,28)(H,25,26,27). The zero-order valence-electron chi connectivity index (χ0n) is 15.4. The van der Waals surface area contributed by atoms with Crippen molar-refractivity contribution >= 4 is 28.3 Å². The molecule has 0 bridgehead atoms. The number of amides is 1. The van der Waals surface area contributed by atoms with Crippen LogP contribution in [0.2, 0.25) is 0 Å². The first-order chi connectivity index (χ1) is 13.7. The summed E-state index contributed by atoms with van der Waals surface area (Å²) in [5.41, 5.74) is 8.94. The van der Waals surface area contributed by atoms with Crippen LogP contribution in [0.15, 0.2) is 67.0 Å². The molecule has 0 atom stereocenters. The molecule has 0 saturated carbocycles. The van der Waals surface area contributed by atoms with Crippen LogP contribution in [-0.2, 0) is 12.8 Å². The van der Waals surface area contributed by atoms with Gasteiger partial charge in [0.15, 0.2) is 0 Å². The summed E-state index contributed by atoms with van der Waals surface area (Å²) < 4.78 is 0. The summed E-state index contributed by atoms with van der Waals surface area (Å²) in [7, 11) is 0. The number of rotatable bonds is 7. The number of aromatic nitrogens is 3. The van der Waals surface area contributed by atoms with Crippen molar-refractivity contribution in [2.45, 2.75) is 19.3 Å². The average Bonchev–Trinajstić information content (AvgIpc) is 3.19. The molecule has 0 fully saturated rings. The number of anilines is 2. The number of nitrogens with zero attached hydrogens (tertiary/aromatic N) is 2. The number of nitrogens with two attached hydrogens (primary N) is 1. The van der Waals surface area contributed by atoms with Gasteiger partial charge in [-0.2, -0.15) is 0 Å². The van der Waals surface area contributed by atoms with Gasteiger partial charge in [-0.05, 0) is 36.6 Å². The topological polar surface area (TPSA) is 96.7 Å². The van der Waals surface area contributed by atoms with Crippen molar-refractivity contribution in [1.29, 1.82) is 0 Å². The highest BCUT2D eigenvalue weighted by molar-refractivity contribution is 6.00. The lowest BCUT2D eigenvalue weighted by molar-refractivity contribution is 0.100. The summed E-state index contributed by atoms with van der Waals surface area (Å²) in [6.07, 6.45) is 5.98. The molecule has 0 spiro atoms. The summed E-state index contributed by atoms with van der Waals surface area (Å²) in [5.74, 6) is 0.565. The van der Waals surface area contributed by atoms with Crippen molar-refractivity contribution in [2.75, 3.05) is 5.32 Å². The van der Waals surface area contributed by atoms with Gasteiger partial charge >= 0.3 is 0 Å². The second kappa shape index (κ2) is 7.92. The number of aryl methyl sites for hydroxylation is 2. The maximum absolute atomic E-state index is 11.8. The Balaban J connectivity index is 1.55. The van der Waals surface area contributed by atoms with E-state index in [9.17, 15) is 4.79 Å². The number of hydrogen-bond acceptors (Lipinski definition) is 4. The van der Waals surface area contributed by atoms with Gasteiger partial charge in [-0.15, -0.1) is 0 Å². The number of carbonyl (C=O) groups is 1. The molecular formula is C22H21N5O. The summed E-state index contributed by atoms with van der Waals surface area (Å²) in [5, 5.41) is 4.28. The number of benzene rings is 2. The molecule has 4 aromatic rings. The Labute approximate surface area is 162 Å². The van der Waals surface area contributed by atoms with E-state index in [0.29, 0.717) is 11.6 Å². The smallest absolute Gasteiger partial charge is 0.254 e. The molecule has 1 amide bonds. The van der Waals surface area contributed by atoms with Crippen LogP contribution in [0.3, 0.4) is 0 Å². The van der Waals surface area contributed by atoms with E-state index in [1.54, 1.807) is 0 Å². The molecule has 0 aliphatic rings. The highest BCUT2D eigenvalue weighted by Crippen LogP contribution is 2.26. The van der Waals surface area contributed by atoms with Gasteiger partial charge in [0.25, 0.3) is 5.91 Å². The van der Waals surface area contributed by atoms with Crippen LogP contribution >= 0.6 is 0 Å². The van der Waals surface area contributed by atoms with Crippen molar-refractivity contribution in [3.63, 3.8) is 0 Å². The third kappa shape index (κ3) is 3.86. The van der Waals surface area contributed by atoms with Crippen molar-refractivity contribution in [3.05, 3.63) is 83.9 Å². The lowest BCUT2D eigenvalue weighted by atomic mass is 10.1. The van der Waals surface area contributed by atoms with Crippen LogP contribution in [-0.4, -0.2) is 20.9 Å². The van der Waals surface area contributed by atoms with Gasteiger partial charge in [-0.25, -0.2) is 9.97 Å². The van der Waals surface area contributed by atoms with E-state index in [-0.39, 0.29) is 5.56 Å². The van der Waals surface area contributed by atoms with Gasteiger partial charge in [0.05, 0.1) is 0 Å². The van der Waals surface area contributed by atoms with Crippen LogP contribution < -0.4 is 11.1 Å². The number of aromatic amines is 1. The maximum Gasteiger partial charge on any atom is 0.254 e. The Morgan fingerprint density at radius 2 is 1.89 bits per heavy atom. The second-order valence-electron chi connectivity index (χ2n) is 6.62. The fourth-order valence-corrected chi connectivity index (χ4v) is 3.23. The molecule has 4 rings (SSSR count). The van der Waals surface area contributed by atoms with Crippen molar-refractivity contribution < 1.29 is 4.79 Å². The molecule has 6 nitrogen and oxygen atoms in total. The number of carbonyl (C=O) groups excluding carboxylic acids is 1. The third-order valence-corrected chi connectivity index (χ3v) is 4.66. The fourth-order valence-electron chi connectivity index (χ4n) is 3.23. The molecule has 0 aliphatic carbocycles. The van der Waals surface area contributed by atoms with Gasteiger partial charge in [-0.3, -0.25) is 4.79 Å². The molecule has 6 heteroatoms. The van der Waals surface area contributed by atoms with E-state index in [1.807, 2.05) is 48.7 Å². The first-order valence-corrected chi connectivity index (χ1v) is 9.23. The number of fused-ring (bicyclic) bond motifs is 1. The molecule has 0 aliphatic heterocycles. The van der Waals surface area contributed by atoms with Crippen LogP contribution in [0.1, 0.15) is 28.2 Å². The zero-order chi connectivity index (χ0) is 19.3. The van der Waals surface area contributed by atoms with Crippen LogP contribution in [0.5, 0.6) is 0 Å². The number of H-pyrrole nitrogens is 1. The highest BCUT2D eigenvalue weighted by Gasteiger charge is 2.14. The SMILES string of the molecule is NC(=O)c1cnc(CCCc2ccccc2)nc1Nc1cccc2[nH]ccc12. The summed E-state index contributed by atoms with van der Waals surface area (Å²) >= 11 is 0. The summed E-state index contributed by atoms with van der Waals surface area (Å²) in [6, 6.07) is 18.2. The van der Waals surface area contributed by atoms with E-state index in [2.05, 4.69) is 32.4 Å². The molecular weight excluding hydrogens is 350 g/mol. The minimum absolute atomic E-state index is 0.277. The Hall–Kier alpha value is -3.67. The fraction of sp³-hybridized carbons (Fsp3) is 0.136. The predicted octanol–water partition coefficient (Wildman–Crippen LogP) is 3.98. The largest absolute Gasteiger partial charge is 0.365 e.